The van der Waals surface area contributed by atoms with Gasteiger partial charge >= 0.3 is 12.9 Å². The number of hydrogen-bond donors (Lipinski definition) is 0. The van der Waals surface area contributed by atoms with E-state index >= 15 is 0 Å². The predicted octanol–water partition coefficient (Wildman–Crippen LogP) is 3.17. The van der Waals surface area contributed by atoms with Crippen LogP contribution in [0.2, 0.25) is 0 Å². The summed E-state index contributed by atoms with van der Waals surface area (Å²) in [5.74, 6) is -6.51. The third-order valence-electron chi connectivity index (χ3n) is 4.57. The van der Waals surface area contributed by atoms with E-state index in [9.17, 15) is 40.0 Å². The Hall–Kier alpha value is -3.73. The van der Waals surface area contributed by atoms with Crippen molar-refractivity contribution in [3.8, 4) is 11.9 Å². The summed E-state index contributed by atoms with van der Waals surface area (Å²) in [5, 5.41) is 8.98. The highest BCUT2D eigenvalue weighted by Gasteiger charge is 2.50. The zero-order valence-electron chi connectivity index (χ0n) is 17.9. The van der Waals surface area contributed by atoms with Gasteiger partial charge in [-0.1, -0.05) is 36.4 Å². The Kier molecular flexibility index (Phi) is 8.75. The molecule has 2 aromatic rings. The molecule has 2 aromatic carbocycles. The highest BCUT2D eigenvalue weighted by molar-refractivity contribution is 7.90. The first-order valence-electron chi connectivity index (χ1n) is 9.62. The maximum atomic E-state index is 14.0. The topological polar surface area (TPSA) is 108 Å². The minimum Gasteiger partial charge on any atom is -0.435 e. The average Bonchev–Trinajstić information content (AvgIpc) is 2.77. The number of benzene rings is 2. The summed E-state index contributed by atoms with van der Waals surface area (Å²) in [6.45, 7) is -3.30. The van der Waals surface area contributed by atoms with Gasteiger partial charge in [0.05, 0.1) is 11.5 Å². The van der Waals surface area contributed by atoms with Crippen molar-refractivity contribution >= 4 is 21.7 Å². The van der Waals surface area contributed by atoms with Crippen LogP contribution in [-0.2, 0) is 20.4 Å². The molecule has 1 atom stereocenters. The van der Waals surface area contributed by atoms with Crippen molar-refractivity contribution in [3.05, 3.63) is 65.7 Å². The van der Waals surface area contributed by atoms with Crippen LogP contribution in [0, 0.1) is 11.5 Å². The molecule has 0 fully saturated rings. The molecule has 0 spiro atoms. The van der Waals surface area contributed by atoms with Gasteiger partial charge in [0.2, 0.25) is 0 Å². The lowest BCUT2D eigenvalue weighted by Gasteiger charge is -2.32. The molecular formula is C21H18F5N3O5S. The molecule has 0 saturated carbocycles. The number of carbonyl (C=O) groups excluding carboxylic acids is 2. The number of alkyl halides is 5. The van der Waals surface area contributed by atoms with E-state index < -0.39 is 68.3 Å². The number of rotatable bonds is 9. The van der Waals surface area contributed by atoms with E-state index in [-0.39, 0.29) is 10.5 Å². The Morgan fingerprint density at radius 2 is 1.63 bits per heavy atom. The normalized spacial score (nSPS) is 12.5. The summed E-state index contributed by atoms with van der Waals surface area (Å²) >= 11 is 0. The van der Waals surface area contributed by atoms with Crippen molar-refractivity contribution in [2.75, 3.05) is 12.8 Å². The molecule has 188 valence electrons. The fraction of sp³-hybridized carbons (Fsp3) is 0.286. The summed E-state index contributed by atoms with van der Waals surface area (Å²) < 4.78 is 97.2. The number of ether oxygens (including phenoxy) is 1. The first kappa shape index (κ1) is 27.5. The van der Waals surface area contributed by atoms with Gasteiger partial charge in [-0.3, -0.25) is 14.5 Å². The number of hydrogen-bond acceptors (Lipinski definition) is 6. The lowest BCUT2D eigenvalue weighted by atomic mass is 10.1. The Morgan fingerprint density at radius 1 is 1.06 bits per heavy atom. The van der Waals surface area contributed by atoms with Gasteiger partial charge in [0.1, 0.15) is 11.8 Å². The molecule has 0 N–H and O–H groups in total. The van der Waals surface area contributed by atoms with E-state index in [0.29, 0.717) is 0 Å². The number of nitriles is 1. The fourth-order valence-electron chi connectivity index (χ4n) is 3.05. The number of carbonyl (C=O) groups is 2. The molecule has 0 aliphatic heterocycles. The minimum atomic E-state index is -5.52. The number of para-hydroxylation sites is 1. The smallest absolute Gasteiger partial charge is 0.435 e. The van der Waals surface area contributed by atoms with Crippen LogP contribution in [0.1, 0.15) is 15.9 Å². The summed E-state index contributed by atoms with van der Waals surface area (Å²) in [7, 11) is -3.87. The van der Waals surface area contributed by atoms with Gasteiger partial charge < -0.3 is 4.74 Å². The molecule has 14 heteroatoms. The monoisotopic (exact) mass is 519 g/mol. The standard InChI is InChI=1S/C21H18F5N3O5S/c1-28(13-27)19(31)16(29(21(24,25)26)18(30)14-7-3-2-4-8-14)12-35(32,33)11-15-9-5-6-10-17(15)34-20(22)23/h2-10,16,20H,11-12H2,1H3/t16-/m0/s1. The van der Waals surface area contributed by atoms with Crippen LogP contribution in [0.15, 0.2) is 54.6 Å². The third-order valence-corrected chi connectivity index (χ3v) is 6.14. The van der Waals surface area contributed by atoms with Gasteiger partial charge in [-0.25, -0.2) is 13.3 Å². The van der Waals surface area contributed by atoms with Gasteiger partial charge in [-0.05, 0) is 18.2 Å². The number of amides is 2. The van der Waals surface area contributed by atoms with E-state index in [0.717, 1.165) is 31.3 Å². The van der Waals surface area contributed by atoms with Crippen molar-refractivity contribution in [2.24, 2.45) is 0 Å². The molecule has 0 bridgehead atoms. The SMILES string of the molecule is CN(C#N)C(=O)[C@H](CS(=O)(=O)Cc1ccccc1OC(F)F)N(C(=O)c1ccccc1)C(F)(F)F. The zero-order chi connectivity index (χ0) is 26.4. The van der Waals surface area contributed by atoms with Crippen LogP contribution in [-0.4, -0.2) is 61.8 Å². The second kappa shape index (κ2) is 11.1. The Morgan fingerprint density at radius 3 is 2.17 bits per heavy atom. The van der Waals surface area contributed by atoms with Crippen LogP contribution >= 0.6 is 0 Å². The molecule has 0 heterocycles. The second-order valence-corrected chi connectivity index (χ2v) is 9.17. The summed E-state index contributed by atoms with van der Waals surface area (Å²) in [5.41, 5.74) is -0.795. The van der Waals surface area contributed by atoms with Gasteiger partial charge in [0, 0.05) is 18.2 Å². The predicted molar refractivity (Wildman–Crippen MR) is 111 cm³/mol. The zero-order valence-corrected chi connectivity index (χ0v) is 18.8. The summed E-state index contributed by atoms with van der Waals surface area (Å²) in [6.07, 6.45) is -4.24. The van der Waals surface area contributed by atoms with Crippen LogP contribution in [0.3, 0.4) is 0 Å². The third kappa shape index (κ3) is 7.38. The molecule has 35 heavy (non-hydrogen) atoms. The molecule has 8 nitrogen and oxygen atoms in total. The van der Waals surface area contributed by atoms with Gasteiger partial charge in [-0.15, -0.1) is 13.2 Å². The van der Waals surface area contributed by atoms with Gasteiger partial charge in [0.15, 0.2) is 16.0 Å². The maximum absolute atomic E-state index is 14.0. The number of halogens is 5. The fourth-order valence-corrected chi connectivity index (χ4v) is 4.66. The highest BCUT2D eigenvalue weighted by atomic mass is 32.2. The molecule has 0 radical (unpaired) electrons. The van der Waals surface area contributed by atoms with Crippen LogP contribution in [0.5, 0.6) is 5.75 Å². The largest absolute Gasteiger partial charge is 0.488 e. The number of likely N-dealkylation sites (N-methyl/N-ethyl adjacent to an activating group) is 1. The molecule has 0 aromatic heterocycles. The van der Waals surface area contributed by atoms with E-state index in [1.807, 2.05) is 0 Å². The van der Waals surface area contributed by atoms with Crippen molar-refractivity contribution in [2.45, 2.75) is 24.7 Å². The van der Waals surface area contributed by atoms with Crippen molar-refractivity contribution in [1.29, 1.82) is 5.26 Å². The van der Waals surface area contributed by atoms with E-state index in [1.54, 1.807) is 0 Å². The first-order valence-corrected chi connectivity index (χ1v) is 11.4. The van der Waals surface area contributed by atoms with Gasteiger partial charge in [-0.2, -0.15) is 14.0 Å². The first-order chi connectivity index (χ1) is 16.3. The molecule has 0 aliphatic rings. The lowest BCUT2D eigenvalue weighted by Crippen LogP contribution is -2.57. The number of sulfone groups is 1. The Balaban J connectivity index is 2.52. The Bertz CT molecular complexity index is 1200. The maximum Gasteiger partial charge on any atom is 0.488 e. The van der Waals surface area contributed by atoms with E-state index in [1.165, 1.54) is 36.5 Å². The molecule has 0 unspecified atom stereocenters. The van der Waals surface area contributed by atoms with Crippen LogP contribution in [0.25, 0.3) is 0 Å². The molecule has 0 saturated heterocycles. The molecule has 0 aliphatic carbocycles. The summed E-state index contributed by atoms with van der Waals surface area (Å²) in [4.78, 5) is 24.7. The summed E-state index contributed by atoms with van der Waals surface area (Å²) in [6, 6.07) is 8.01. The van der Waals surface area contributed by atoms with E-state index in [4.69, 9.17) is 5.26 Å². The van der Waals surface area contributed by atoms with E-state index in [2.05, 4.69) is 4.74 Å². The average molecular weight is 519 g/mol. The van der Waals surface area contributed by atoms with Crippen LogP contribution in [0.4, 0.5) is 22.0 Å². The lowest BCUT2D eigenvalue weighted by molar-refractivity contribution is -0.234. The quantitative estimate of drug-likeness (QED) is 0.218. The van der Waals surface area contributed by atoms with Gasteiger partial charge in [0.25, 0.3) is 11.8 Å². The molecule has 2 amide bonds. The highest BCUT2D eigenvalue weighted by Crippen LogP contribution is 2.29. The number of nitrogens with zero attached hydrogens (tertiary/aromatic N) is 3. The minimum absolute atomic E-state index is 0.158. The van der Waals surface area contributed by atoms with Crippen molar-refractivity contribution in [3.63, 3.8) is 0 Å². The molecular weight excluding hydrogens is 501 g/mol. The second-order valence-electron chi connectivity index (χ2n) is 7.06. The molecule has 2 rings (SSSR count). The van der Waals surface area contributed by atoms with Crippen molar-refractivity contribution < 1.29 is 44.7 Å². The Labute approximate surface area is 197 Å². The van der Waals surface area contributed by atoms with Crippen LogP contribution < -0.4 is 4.74 Å². The van der Waals surface area contributed by atoms with Crippen molar-refractivity contribution in [1.82, 2.24) is 9.80 Å².